The molecule has 0 unspecified atom stereocenters. The molecule has 0 aliphatic heterocycles. The van der Waals surface area contributed by atoms with E-state index in [4.69, 9.17) is 0 Å². The van der Waals surface area contributed by atoms with Gasteiger partial charge in [-0.3, -0.25) is 14.2 Å². The fourth-order valence-corrected chi connectivity index (χ4v) is 5.49. The van der Waals surface area contributed by atoms with Gasteiger partial charge >= 0.3 is 5.69 Å². The second-order valence-electron chi connectivity index (χ2n) is 8.81. The Morgan fingerprint density at radius 1 is 1.12 bits per heavy atom. The molecule has 0 radical (unpaired) electrons. The van der Waals surface area contributed by atoms with E-state index in [1.807, 2.05) is 59.3 Å². The molecular weight excluding hydrogens is 450 g/mol. The first-order valence-electron chi connectivity index (χ1n) is 11.6. The van der Waals surface area contributed by atoms with Gasteiger partial charge in [0.25, 0.3) is 5.56 Å². The third kappa shape index (κ3) is 4.23. The van der Waals surface area contributed by atoms with Gasteiger partial charge < -0.3 is 9.88 Å². The van der Waals surface area contributed by atoms with Crippen LogP contribution in [0.3, 0.4) is 0 Å². The van der Waals surface area contributed by atoms with Crippen LogP contribution in [0.5, 0.6) is 0 Å². The van der Waals surface area contributed by atoms with Crippen molar-refractivity contribution in [1.29, 1.82) is 0 Å². The zero-order valence-corrected chi connectivity index (χ0v) is 19.8. The van der Waals surface area contributed by atoms with Crippen LogP contribution in [-0.4, -0.2) is 24.6 Å². The highest BCUT2D eigenvalue weighted by Gasteiger charge is 2.25. The molecule has 1 fully saturated rings. The number of rotatable bonds is 7. The van der Waals surface area contributed by atoms with Crippen LogP contribution in [0, 0.1) is 0 Å². The maximum atomic E-state index is 13.6. The summed E-state index contributed by atoms with van der Waals surface area (Å²) in [5.74, 6) is -0.377. The highest BCUT2D eigenvalue weighted by atomic mass is 32.1. The van der Waals surface area contributed by atoms with Gasteiger partial charge in [0.2, 0.25) is 5.91 Å². The van der Waals surface area contributed by atoms with Crippen molar-refractivity contribution >= 4 is 28.4 Å². The first-order valence-corrected chi connectivity index (χ1v) is 12.5. The summed E-state index contributed by atoms with van der Waals surface area (Å²) >= 11 is 1.55. The SMILES string of the molecule is C[C@@H](NC(=O)Cn1c(=O)c2c(ncn2C2CCCC2)n(Cc2ccccc2)c1=O)c1cccs1. The predicted molar refractivity (Wildman–Crippen MR) is 132 cm³/mol. The van der Waals surface area contributed by atoms with Crippen LogP contribution < -0.4 is 16.6 Å². The monoisotopic (exact) mass is 477 g/mol. The van der Waals surface area contributed by atoms with Crippen molar-refractivity contribution in [2.75, 3.05) is 0 Å². The van der Waals surface area contributed by atoms with Crippen molar-refractivity contribution in [2.24, 2.45) is 0 Å². The third-order valence-corrected chi connectivity index (χ3v) is 7.55. The number of benzene rings is 1. The number of imidazole rings is 1. The van der Waals surface area contributed by atoms with Gasteiger partial charge in [0.05, 0.1) is 18.9 Å². The highest BCUT2D eigenvalue weighted by molar-refractivity contribution is 7.10. The average Bonchev–Trinajstić information content (AvgIpc) is 3.61. The van der Waals surface area contributed by atoms with E-state index in [-0.39, 0.29) is 31.1 Å². The molecule has 1 aromatic carbocycles. The molecular formula is C25H27N5O3S. The lowest BCUT2D eigenvalue weighted by atomic mass is 10.2. The zero-order chi connectivity index (χ0) is 23.7. The summed E-state index contributed by atoms with van der Waals surface area (Å²) in [5, 5.41) is 4.85. The van der Waals surface area contributed by atoms with Crippen LogP contribution in [-0.2, 0) is 17.9 Å². The van der Waals surface area contributed by atoms with Crippen LogP contribution in [0.25, 0.3) is 11.2 Å². The van der Waals surface area contributed by atoms with Crippen LogP contribution in [0.1, 0.15) is 55.1 Å². The quantitative estimate of drug-likeness (QED) is 0.441. The van der Waals surface area contributed by atoms with Crippen molar-refractivity contribution in [1.82, 2.24) is 24.0 Å². The van der Waals surface area contributed by atoms with Gasteiger partial charge in [-0.25, -0.2) is 14.3 Å². The molecule has 0 saturated heterocycles. The molecule has 1 atom stereocenters. The van der Waals surface area contributed by atoms with E-state index < -0.39 is 11.2 Å². The Balaban J connectivity index is 1.57. The lowest BCUT2D eigenvalue weighted by Crippen LogP contribution is -2.44. The Hall–Kier alpha value is -3.46. The second kappa shape index (κ2) is 9.42. The topological polar surface area (TPSA) is 90.9 Å². The summed E-state index contributed by atoms with van der Waals surface area (Å²) in [5.41, 5.74) is 0.683. The van der Waals surface area contributed by atoms with E-state index in [1.54, 1.807) is 17.7 Å². The van der Waals surface area contributed by atoms with Crippen molar-refractivity contribution in [3.63, 3.8) is 0 Å². The molecule has 0 spiro atoms. The van der Waals surface area contributed by atoms with Gasteiger partial charge in [-0.05, 0) is 36.8 Å². The van der Waals surface area contributed by atoms with Gasteiger partial charge in [0.15, 0.2) is 11.2 Å². The Kier molecular flexibility index (Phi) is 6.19. The first-order chi connectivity index (χ1) is 16.5. The van der Waals surface area contributed by atoms with Crippen LogP contribution >= 0.6 is 11.3 Å². The van der Waals surface area contributed by atoms with Gasteiger partial charge in [-0.2, -0.15) is 0 Å². The molecule has 1 aliphatic carbocycles. The maximum absolute atomic E-state index is 13.6. The average molecular weight is 478 g/mol. The number of thiophene rings is 1. The van der Waals surface area contributed by atoms with E-state index in [0.29, 0.717) is 11.2 Å². The molecule has 1 N–H and O–H groups in total. The fraction of sp³-hybridized carbons (Fsp3) is 0.360. The lowest BCUT2D eigenvalue weighted by molar-refractivity contribution is -0.122. The number of aromatic nitrogens is 4. The lowest BCUT2D eigenvalue weighted by Gasteiger charge is -2.16. The summed E-state index contributed by atoms with van der Waals surface area (Å²) in [6.07, 6.45) is 5.83. The number of hydrogen-bond acceptors (Lipinski definition) is 5. The van der Waals surface area contributed by atoms with Crippen LogP contribution in [0.2, 0.25) is 0 Å². The smallest absolute Gasteiger partial charge is 0.333 e. The summed E-state index contributed by atoms with van der Waals surface area (Å²) in [4.78, 5) is 45.4. The molecule has 176 valence electrons. The Morgan fingerprint density at radius 3 is 2.59 bits per heavy atom. The number of hydrogen-bond donors (Lipinski definition) is 1. The van der Waals surface area contributed by atoms with Crippen molar-refractivity contribution < 1.29 is 4.79 Å². The van der Waals surface area contributed by atoms with Gasteiger partial charge in [0.1, 0.15) is 6.54 Å². The Morgan fingerprint density at radius 2 is 1.88 bits per heavy atom. The highest BCUT2D eigenvalue weighted by Crippen LogP contribution is 2.31. The van der Waals surface area contributed by atoms with Crippen molar-refractivity contribution in [3.8, 4) is 0 Å². The molecule has 3 heterocycles. The Bertz CT molecular complexity index is 1410. The standard InChI is InChI=1S/C25H27N5O3S/c1-17(20-12-7-13-34-20)27-21(31)15-29-24(32)22-23(26-16-30(22)19-10-5-6-11-19)28(25(29)33)14-18-8-3-2-4-9-18/h2-4,7-9,12-13,16-17,19H,5-6,10-11,14-15H2,1H3,(H,27,31)/t17-/m1/s1. The normalized spacial score (nSPS) is 15.1. The maximum Gasteiger partial charge on any atom is 0.333 e. The van der Waals surface area contributed by atoms with Gasteiger partial charge in [0, 0.05) is 10.9 Å². The summed E-state index contributed by atoms with van der Waals surface area (Å²) in [6, 6.07) is 13.4. The van der Waals surface area contributed by atoms with E-state index in [0.717, 1.165) is 40.7 Å². The number of amides is 1. The zero-order valence-electron chi connectivity index (χ0n) is 19.0. The molecule has 34 heavy (non-hydrogen) atoms. The van der Waals surface area contributed by atoms with Gasteiger partial charge in [-0.15, -0.1) is 11.3 Å². The van der Waals surface area contributed by atoms with Gasteiger partial charge in [-0.1, -0.05) is 49.2 Å². The van der Waals surface area contributed by atoms with Crippen LogP contribution in [0.4, 0.5) is 0 Å². The van der Waals surface area contributed by atoms with Crippen LogP contribution in [0.15, 0.2) is 63.8 Å². The number of carbonyl (C=O) groups is 1. The molecule has 4 aromatic rings. The van der Waals surface area contributed by atoms with E-state index in [2.05, 4.69) is 10.3 Å². The number of nitrogens with one attached hydrogen (secondary N) is 1. The summed E-state index contributed by atoms with van der Waals surface area (Å²) < 4.78 is 4.47. The Labute approximate surface area is 200 Å². The summed E-state index contributed by atoms with van der Waals surface area (Å²) in [7, 11) is 0. The molecule has 1 saturated carbocycles. The minimum absolute atomic E-state index is 0.182. The molecule has 9 heteroatoms. The number of carbonyl (C=O) groups excluding carboxylic acids is 1. The summed E-state index contributed by atoms with van der Waals surface area (Å²) in [6.45, 7) is 1.82. The molecule has 0 bridgehead atoms. The molecule has 1 amide bonds. The van der Waals surface area contributed by atoms with E-state index in [1.165, 1.54) is 4.57 Å². The molecule has 5 rings (SSSR count). The molecule has 8 nitrogen and oxygen atoms in total. The fourth-order valence-electron chi connectivity index (χ4n) is 4.75. The second-order valence-corrected chi connectivity index (χ2v) is 9.79. The number of nitrogens with zero attached hydrogens (tertiary/aromatic N) is 4. The molecule has 3 aromatic heterocycles. The van der Waals surface area contributed by atoms with Crippen molar-refractivity contribution in [3.05, 3.63) is 85.5 Å². The minimum Gasteiger partial charge on any atom is -0.347 e. The first kappa shape index (κ1) is 22.3. The van der Waals surface area contributed by atoms with E-state index >= 15 is 0 Å². The van der Waals surface area contributed by atoms with E-state index in [9.17, 15) is 14.4 Å². The predicted octanol–water partition coefficient (Wildman–Crippen LogP) is 3.46. The largest absolute Gasteiger partial charge is 0.347 e. The number of fused-ring (bicyclic) bond motifs is 1. The third-order valence-electron chi connectivity index (χ3n) is 6.49. The molecule has 1 aliphatic rings. The van der Waals surface area contributed by atoms with Crippen molar-refractivity contribution in [2.45, 2.75) is 57.8 Å². The minimum atomic E-state index is -0.531.